The van der Waals surface area contributed by atoms with Crippen LogP contribution in [-0.2, 0) is 12.8 Å². The van der Waals surface area contributed by atoms with Crippen LogP contribution in [0.25, 0.3) is 0 Å². The molecule has 0 amide bonds. The number of benzene rings is 2. The summed E-state index contributed by atoms with van der Waals surface area (Å²) >= 11 is 12.0. The molecule has 0 spiro atoms. The highest BCUT2D eigenvalue weighted by Gasteiger charge is 2.16. The van der Waals surface area contributed by atoms with Crippen molar-refractivity contribution in [1.82, 2.24) is 5.43 Å². The summed E-state index contributed by atoms with van der Waals surface area (Å²) in [4.78, 5) is 0. The lowest BCUT2D eigenvalue weighted by Gasteiger charge is -2.18. The summed E-state index contributed by atoms with van der Waals surface area (Å²) in [7, 11) is 0. The van der Waals surface area contributed by atoms with Crippen LogP contribution in [0.5, 0.6) is 0 Å². The Hall–Kier alpha value is -1.20. The van der Waals surface area contributed by atoms with E-state index in [1.807, 2.05) is 0 Å². The molecule has 0 radical (unpaired) electrons. The Balaban J connectivity index is 2.17. The number of nitrogens with one attached hydrogen (secondary N) is 1. The number of nitrogens with two attached hydrogens (primary N) is 1. The summed E-state index contributed by atoms with van der Waals surface area (Å²) in [6, 6.07) is 8.39. The molecule has 2 aromatic rings. The molecule has 2 nitrogen and oxygen atoms in total. The van der Waals surface area contributed by atoms with Crippen molar-refractivity contribution in [3.05, 3.63) is 69.2 Å². The zero-order valence-electron chi connectivity index (χ0n) is 11.0. The SMILES string of the molecule is NNC(Cc1ccc(F)cc1Cl)Cc1c(F)cccc1Cl. The van der Waals surface area contributed by atoms with Crippen molar-refractivity contribution < 1.29 is 8.78 Å². The van der Waals surface area contributed by atoms with E-state index in [1.165, 1.54) is 18.2 Å². The molecule has 0 aliphatic carbocycles. The number of hydrazine groups is 1. The first-order valence-electron chi connectivity index (χ1n) is 6.34. The Kier molecular flexibility index (Phi) is 5.53. The van der Waals surface area contributed by atoms with Gasteiger partial charge in [0.1, 0.15) is 11.6 Å². The van der Waals surface area contributed by atoms with Crippen LogP contribution in [0.4, 0.5) is 8.78 Å². The maximum Gasteiger partial charge on any atom is 0.127 e. The highest BCUT2D eigenvalue weighted by Crippen LogP contribution is 2.23. The summed E-state index contributed by atoms with van der Waals surface area (Å²) in [6.07, 6.45) is 0.732. The van der Waals surface area contributed by atoms with Gasteiger partial charge in [-0.2, -0.15) is 0 Å². The van der Waals surface area contributed by atoms with Gasteiger partial charge in [-0.1, -0.05) is 35.3 Å². The summed E-state index contributed by atoms with van der Waals surface area (Å²) < 4.78 is 26.8. The van der Waals surface area contributed by atoms with Gasteiger partial charge in [0.15, 0.2) is 0 Å². The molecule has 0 saturated carbocycles. The van der Waals surface area contributed by atoms with Gasteiger partial charge in [0, 0.05) is 21.7 Å². The van der Waals surface area contributed by atoms with E-state index in [2.05, 4.69) is 5.43 Å². The molecule has 0 saturated heterocycles. The number of rotatable bonds is 5. The van der Waals surface area contributed by atoms with E-state index in [9.17, 15) is 8.78 Å². The highest BCUT2D eigenvalue weighted by molar-refractivity contribution is 6.31. The topological polar surface area (TPSA) is 38.0 Å². The van der Waals surface area contributed by atoms with E-state index in [0.717, 1.165) is 5.56 Å². The lowest BCUT2D eigenvalue weighted by molar-refractivity contribution is 0.506. The van der Waals surface area contributed by atoms with E-state index in [1.54, 1.807) is 18.2 Å². The van der Waals surface area contributed by atoms with Crippen molar-refractivity contribution in [3.8, 4) is 0 Å². The van der Waals surface area contributed by atoms with E-state index < -0.39 is 5.82 Å². The van der Waals surface area contributed by atoms with Crippen molar-refractivity contribution in [3.63, 3.8) is 0 Å². The fraction of sp³-hybridized carbons (Fsp3) is 0.200. The molecule has 0 heterocycles. The summed E-state index contributed by atoms with van der Waals surface area (Å²) in [5.41, 5.74) is 3.74. The van der Waals surface area contributed by atoms with E-state index in [4.69, 9.17) is 29.0 Å². The van der Waals surface area contributed by atoms with Crippen molar-refractivity contribution in [2.24, 2.45) is 5.84 Å². The second-order valence-corrected chi connectivity index (χ2v) is 5.52. The van der Waals surface area contributed by atoms with Gasteiger partial charge in [-0.25, -0.2) is 8.78 Å². The molecular formula is C15H14Cl2F2N2. The Morgan fingerprint density at radius 3 is 2.43 bits per heavy atom. The van der Waals surface area contributed by atoms with E-state index in [0.29, 0.717) is 28.5 Å². The van der Waals surface area contributed by atoms with Gasteiger partial charge in [0.2, 0.25) is 0 Å². The van der Waals surface area contributed by atoms with Gasteiger partial charge >= 0.3 is 0 Å². The third kappa shape index (κ3) is 4.14. The zero-order chi connectivity index (χ0) is 15.4. The molecule has 0 aliphatic heterocycles. The molecule has 21 heavy (non-hydrogen) atoms. The molecule has 0 fully saturated rings. The molecule has 6 heteroatoms. The predicted molar refractivity (Wildman–Crippen MR) is 81.3 cm³/mol. The summed E-state index contributed by atoms with van der Waals surface area (Å²) in [6.45, 7) is 0. The van der Waals surface area contributed by atoms with Crippen LogP contribution in [-0.4, -0.2) is 6.04 Å². The first-order chi connectivity index (χ1) is 10.0. The molecule has 2 aromatic carbocycles. The minimum absolute atomic E-state index is 0.276. The number of halogens is 4. The van der Waals surface area contributed by atoms with Gasteiger partial charge in [0.05, 0.1) is 0 Å². The van der Waals surface area contributed by atoms with Crippen molar-refractivity contribution >= 4 is 23.2 Å². The molecular weight excluding hydrogens is 317 g/mol. The van der Waals surface area contributed by atoms with Crippen molar-refractivity contribution in [1.29, 1.82) is 0 Å². The first kappa shape index (κ1) is 16.2. The average Bonchev–Trinajstić information content (AvgIpc) is 2.44. The Morgan fingerprint density at radius 2 is 1.81 bits per heavy atom. The second-order valence-electron chi connectivity index (χ2n) is 4.71. The second kappa shape index (κ2) is 7.18. The van der Waals surface area contributed by atoms with Gasteiger partial charge in [0.25, 0.3) is 0 Å². The standard InChI is InChI=1S/C15H14Cl2F2N2/c16-13-2-1-3-15(19)12(13)8-11(21-20)6-9-4-5-10(18)7-14(9)17/h1-5,7,11,21H,6,8,20H2. The highest BCUT2D eigenvalue weighted by atomic mass is 35.5. The average molecular weight is 331 g/mol. The van der Waals surface area contributed by atoms with Crippen LogP contribution < -0.4 is 11.3 Å². The molecule has 2 rings (SSSR count). The Morgan fingerprint density at radius 1 is 1.05 bits per heavy atom. The number of hydrogen-bond acceptors (Lipinski definition) is 2. The van der Waals surface area contributed by atoms with Gasteiger partial charge < -0.3 is 0 Å². The maximum absolute atomic E-state index is 13.8. The summed E-state index contributed by atoms with van der Waals surface area (Å²) in [5.74, 6) is 4.73. The lowest BCUT2D eigenvalue weighted by Crippen LogP contribution is -2.38. The normalized spacial score (nSPS) is 12.4. The minimum Gasteiger partial charge on any atom is -0.271 e. The monoisotopic (exact) mass is 330 g/mol. The maximum atomic E-state index is 13.8. The van der Waals surface area contributed by atoms with Gasteiger partial charge in [-0.3, -0.25) is 11.3 Å². The van der Waals surface area contributed by atoms with Crippen LogP contribution in [0.2, 0.25) is 10.0 Å². The van der Waals surface area contributed by atoms with E-state index >= 15 is 0 Å². The van der Waals surface area contributed by atoms with Crippen LogP contribution >= 0.6 is 23.2 Å². The molecule has 1 unspecified atom stereocenters. The van der Waals surface area contributed by atoms with Crippen molar-refractivity contribution in [2.75, 3.05) is 0 Å². The third-order valence-corrected chi connectivity index (χ3v) is 3.94. The predicted octanol–water partition coefficient (Wildman–Crippen LogP) is 3.89. The van der Waals surface area contributed by atoms with Gasteiger partial charge in [-0.15, -0.1) is 0 Å². The molecule has 0 aromatic heterocycles. The zero-order valence-corrected chi connectivity index (χ0v) is 12.6. The largest absolute Gasteiger partial charge is 0.271 e. The molecule has 1 atom stereocenters. The van der Waals surface area contributed by atoms with Crippen LogP contribution in [0.15, 0.2) is 36.4 Å². The van der Waals surface area contributed by atoms with Crippen LogP contribution in [0.3, 0.4) is 0 Å². The molecule has 0 aliphatic rings. The van der Waals surface area contributed by atoms with E-state index in [-0.39, 0.29) is 11.9 Å². The molecule has 0 bridgehead atoms. The fourth-order valence-electron chi connectivity index (χ4n) is 2.12. The van der Waals surface area contributed by atoms with Crippen LogP contribution in [0, 0.1) is 11.6 Å². The number of hydrogen-bond donors (Lipinski definition) is 2. The van der Waals surface area contributed by atoms with Gasteiger partial charge in [-0.05, 0) is 42.7 Å². The molecule has 112 valence electrons. The lowest BCUT2D eigenvalue weighted by atomic mass is 9.99. The Bertz CT molecular complexity index is 615. The minimum atomic E-state index is -0.404. The third-order valence-electron chi connectivity index (χ3n) is 3.23. The van der Waals surface area contributed by atoms with Crippen LogP contribution in [0.1, 0.15) is 11.1 Å². The smallest absolute Gasteiger partial charge is 0.127 e. The fourth-order valence-corrected chi connectivity index (χ4v) is 2.60. The van der Waals surface area contributed by atoms with Crippen molar-refractivity contribution in [2.45, 2.75) is 18.9 Å². The quantitative estimate of drug-likeness (QED) is 0.644. The first-order valence-corrected chi connectivity index (χ1v) is 7.09. The summed E-state index contributed by atoms with van der Waals surface area (Å²) in [5, 5.41) is 0.662. The Labute approximate surface area is 131 Å². The molecule has 3 N–H and O–H groups in total.